The van der Waals surface area contributed by atoms with E-state index >= 15 is 0 Å². The first-order valence-corrected chi connectivity index (χ1v) is 5.97. The van der Waals surface area contributed by atoms with E-state index in [0.29, 0.717) is 10.9 Å². The summed E-state index contributed by atoms with van der Waals surface area (Å²) in [7, 11) is 0. The topological polar surface area (TPSA) is 31.2 Å². The van der Waals surface area contributed by atoms with E-state index in [1.165, 1.54) is 16.7 Å². The van der Waals surface area contributed by atoms with Gasteiger partial charge in [-0.3, -0.25) is 4.57 Å². The monoisotopic (exact) mass is 261 g/mol. The maximum absolute atomic E-state index is 13.6. The number of rotatable bonds is 1. The normalized spacial score (nSPS) is 11.6. The van der Waals surface area contributed by atoms with Crippen molar-refractivity contribution in [2.24, 2.45) is 0 Å². The molecule has 0 saturated heterocycles. The van der Waals surface area contributed by atoms with Crippen molar-refractivity contribution >= 4 is 22.9 Å². The number of fused-ring (bicyclic) bond motifs is 1. The van der Waals surface area contributed by atoms with Crippen molar-refractivity contribution < 1.29 is 13.9 Å². The molecule has 2 aromatic rings. The summed E-state index contributed by atoms with van der Waals surface area (Å²) in [4.78, 5) is 11.9. The van der Waals surface area contributed by atoms with Gasteiger partial charge in [-0.2, -0.15) is 0 Å². The predicted molar refractivity (Wildman–Crippen MR) is 73.6 cm³/mol. The lowest BCUT2D eigenvalue weighted by Gasteiger charge is -2.19. The third-order valence-electron chi connectivity index (χ3n) is 2.58. The summed E-state index contributed by atoms with van der Waals surface area (Å²) in [6.07, 6.45) is 4.14. The van der Waals surface area contributed by atoms with E-state index in [-0.39, 0.29) is 5.82 Å². The van der Waals surface area contributed by atoms with Gasteiger partial charge in [-0.1, -0.05) is 12.7 Å². The lowest BCUT2D eigenvalue weighted by atomic mass is 10.1. The zero-order valence-electron chi connectivity index (χ0n) is 11.2. The summed E-state index contributed by atoms with van der Waals surface area (Å²) >= 11 is 0. The zero-order valence-corrected chi connectivity index (χ0v) is 11.2. The Morgan fingerprint density at radius 1 is 1.32 bits per heavy atom. The Morgan fingerprint density at radius 2 is 1.89 bits per heavy atom. The highest BCUT2D eigenvalue weighted by atomic mass is 19.1. The summed E-state index contributed by atoms with van der Waals surface area (Å²) < 4.78 is 20.2. The Bertz CT molecular complexity index is 650. The molecule has 4 heteroatoms. The molecule has 2 rings (SSSR count). The van der Waals surface area contributed by atoms with Crippen molar-refractivity contribution in [3.05, 3.63) is 42.5 Å². The van der Waals surface area contributed by atoms with Crippen LogP contribution in [0.15, 0.2) is 31.1 Å². The van der Waals surface area contributed by atoms with Gasteiger partial charge in [0.1, 0.15) is 11.4 Å². The van der Waals surface area contributed by atoms with Crippen LogP contribution in [-0.4, -0.2) is 16.3 Å². The molecule has 0 radical (unpaired) electrons. The summed E-state index contributed by atoms with van der Waals surface area (Å²) in [5.74, 6) is -0.357. The van der Waals surface area contributed by atoms with Crippen LogP contribution < -0.4 is 0 Å². The fourth-order valence-corrected chi connectivity index (χ4v) is 1.76. The number of carbonyl (C=O) groups is 1. The largest absolute Gasteiger partial charge is 0.443 e. The van der Waals surface area contributed by atoms with Crippen LogP contribution in [0, 0.1) is 5.82 Å². The maximum Gasteiger partial charge on any atom is 0.418 e. The zero-order chi connectivity index (χ0) is 14.2. The SMILES string of the molecule is C=Cc1cc2cn(C(=O)OC(C)(C)C)cc2cc1F. The molecular formula is C15H16FNO2. The molecule has 1 aromatic heterocycles. The molecule has 0 bridgehead atoms. The molecule has 3 nitrogen and oxygen atoms in total. The Balaban J connectivity index is 2.42. The standard InChI is InChI=1S/C15H16FNO2/c1-5-10-6-11-8-17(9-12(11)7-13(10)16)14(18)19-15(2,3)4/h5-9H,1H2,2-4H3. The highest BCUT2D eigenvalue weighted by molar-refractivity contribution is 5.88. The molecule has 1 heterocycles. The number of ether oxygens (including phenoxy) is 1. The van der Waals surface area contributed by atoms with Gasteiger partial charge >= 0.3 is 6.09 Å². The quantitative estimate of drug-likeness (QED) is 0.770. The van der Waals surface area contributed by atoms with Crippen LogP contribution in [0.2, 0.25) is 0 Å². The average Bonchev–Trinajstić information content (AvgIpc) is 2.68. The number of hydrogen-bond donors (Lipinski definition) is 0. The Labute approximate surface area is 111 Å². The number of aromatic nitrogens is 1. The molecule has 1 aromatic carbocycles. The van der Waals surface area contributed by atoms with Crippen molar-refractivity contribution in [1.29, 1.82) is 0 Å². The van der Waals surface area contributed by atoms with E-state index in [1.807, 2.05) is 0 Å². The lowest BCUT2D eigenvalue weighted by Crippen LogP contribution is -2.26. The fraction of sp³-hybridized carbons (Fsp3) is 0.267. The van der Waals surface area contributed by atoms with Crippen LogP contribution >= 0.6 is 0 Å². The third kappa shape index (κ3) is 2.84. The van der Waals surface area contributed by atoms with Crippen molar-refractivity contribution in [3.63, 3.8) is 0 Å². The second-order valence-electron chi connectivity index (χ2n) is 5.35. The number of benzene rings is 1. The Hall–Kier alpha value is -2.10. The molecule has 0 aliphatic rings. The van der Waals surface area contributed by atoms with Crippen molar-refractivity contribution in [3.8, 4) is 0 Å². The van der Waals surface area contributed by atoms with E-state index in [2.05, 4.69) is 6.58 Å². The van der Waals surface area contributed by atoms with E-state index in [0.717, 1.165) is 5.39 Å². The summed E-state index contributed by atoms with van der Waals surface area (Å²) in [5.41, 5.74) is -0.153. The summed E-state index contributed by atoms with van der Waals surface area (Å²) in [5, 5.41) is 1.41. The Morgan fingerprint density at radius 3 is 2.42 bits per heavy atom. The van der Waals surface area contributed by atoms with Gasteiger partial charge in [0, 0.05) is 28.7 Å². The van der Waals surface area contributed by atoms with Crippen molar-refractivity contribution in [2.45, 2.75) is 26.4 Å². The minimum atomic E-state index is -0.564. The molecule has 0 atom stereocenters. The highest BCUT2D eigenvalue weighted by Gasteiger charge is 2.18. The fourth-order valence-electron chi connectivity index (χ4n) is 1.76. The van der Waals surface area contributed by atoms with E-state index in [4.69, 9.17) is 4.74 Å². The van der Waals surface area contributed by atoms with Gasteiger partial charge in [-0.15, -0.1) is 0 Å². The molecule has 19 heavy (non-hydrogen) atoms. The molecule has 100 valence electrons. The summed E-state index contributed by atoms with van der Waals surface area (Å²) in [6, 6.07) is 3.03. The summed E-state index contributed by atoms with van der Waals surface area (Å²) in [6.45, 7) is 8.94. The second kappa shape index (κ2) is 4.53. The molecule has 0 N–H and O–H groups in total. The highest BCUT2D eigenvalue weighted by Crippen LogP contribution is 2.22. The van der Waals surface area contributed by atoms with Crippen LogP contribution in [0.1, 0.15) is 26.3 Å². The second-order valence-corrected chi connectivity index (χ2v) is 5.35. The molecule has 0 spiro atoms. The number of carbonyl (C=O) groups excluding carboxylic acids is 1. The molecule has 0 saturated carbocycles. The minimum Gasteiger partial charge on any atom is -0.443 e. The van der Waals surface area contributed by atoms with Crippen molar-refractivity contribution in [1.82, 2.24) is 4.57 Å². The molecule has 0 fully saturated rings. The smallest absolute Gasteiger partial charge is 0.418 e. The van der Waals surface area contributed by atoms with Crippen LogP contribution in [-0.2, 0) is 4.74 Å². The molecule has 0 amide bonds. The number of halogens is 1. The van der Waals surface area contributed by atoms with Gasteiger partial charge in [0.15, 0.2) is 0 Å². The predicted octanol–water partition coefficient (Wildman–Crippen LogP) is 4.21. The van der Waals surface area contributed by atoms with Gasteiger partial charge in [0.2, 0.25) is 0 Å². The number of hydrogen-bond acceptors (Lipinski definition) is 2. The minimum absolute atomic E-state index is 0.357. The van der Waals surface area contributed by atoms with Gasteiger partial charge in [-0.05, 0) is 32.9 Å². The van der Waals surface area contributed by atoms with Gasteiger partial charge < -0.3 is 4.74 Å². The van der Waals surface area contributed by atoms with Crippen LogP contribution in [0.25, 0.3) is 16.8 Å². The van der Waals surface area contributed by atoms with Crippen LogP contribution in [0.5, 0.6) is 0 Å². The van der Waals surface area contributed by atoms with E-state index in [1.54, 1.807) is 39.2 Å². The first-order valence-electron chi connectivity index (χ1n) is 5.97. The first kappa shape index (κ1) is 13.3. The first-order chi connectivity index (χ1) is 8.80. The molecular weight excluding hydrogens is 245 g/mol. The Kier molecular flexibility index (Phi) is 3.18. The van der Waals surface area contributed by atoms with Crippen LogP contribution in [0.3, 0.4) is 0 Å². The van der Waals surface area contributed by atoms with Gasteiger partial charge in [0.05, 0.1) is 0 Å². The van der Waals surface area contributed by atoms with Gasteiger partial charge in [-0.25, -0.2) is 9.18 Å². The third-order valence-corrected chi connectivity index (χ3v) is 2.58. The molecule has 0 unspecified atom stereocenters. The average molecular weight is 261 g/mol. The van der Waals surface area contributed by atoms with Crippen molar-refractivity contribution in [2.75, 3.05) is 0 Å². The maximum atomic E-state index is 13.6. The van der Waals surface area contributed by atoms with E-state index in [9.17, 15) is 9.18 Å². The lowest BCUT2D eigenvalue weighted by molar-refractivity contribution is 0.0538. The van der Waals surface area contributed by atoms with Crippen LogP contribution in [0.4, 0.5) is 9.18 Å². The molecule has 0 aliphatic carbocycles. The van der Waals surface area contributed by atoms with Gasteiger partial charge in [0.25, 0.3) is 0 Å². The number of nitrogens with zero attached hydrogens (tertiary/aromatic N) is 1. The van der Waals surface area contributed by atoms with E-state index < -0.39 is 11.7 Å². The molecule has 0 aliphatic heterocycles.